The molecule has 4 aromatic heterocycles. The molecule has 4 aliphatic heterocycles. The second-order valence-corrected chi connectivity index (χ2v) is 25.5. The molecule has 0 radical (unpaired) electrons. The van der Waals surface area contributed by atoms with Crippen LogP contribution in [0, 0.1) is 27.7 Å². The maximum absolute atomic E-state index is 13.9. The van der Waals surface area contributed by atoms with Gasteiger partial charge in [0.15, 0.2) is 11.3 Å². The van der Waals surface area contributed by atoms with Crippen molar-refractivity contribution in [1.82, 2.24) is 44.3 Å². The summed E-state index contributed by atoms with van der Waals surface area (Å²) in [4.78, 5) is 57.4. The van der Waals surface area contributed by atoms with Gasteiger partial charge >= 0.3 is 6.09 Å². The minimum absolute atomic E-state index is 0. The van der Waals surface area contributed by atoms with Gasteiger partial charge in [0.05, 0.1) is 64.5 Å². The maximum atomic E-state index is 13.9. The molecule has 4 aliphatic rings. The van der Waals surface area contributed by atoms with Gasteiger partial charge in [0.25, 0.3) is 11.8 Å². The third-order valence-corrected chi connectivity index (χ3v) is 15.2. The Kier molecular flexibility index (Phi) is 16.4. The smallest absolute Gasteiger partial charge is 0.407 e. The molecule has 78 heavy (non-hydrogen) atoms. The molecule has 0 unspecified atom stereocenters. The number of anilines is 4. The Bertz CT molecular complexity index is 3470. The van der Waals surface area contributed by atoms with E-state index >= 15 is 0 Å². The van der Waals surface area contributed by atoms with E-state index in [9.17, 15) is 31.2 Å². The van der Waals surface area contributed by atoms with Gasteiger partial charge in [-0.1, -0.05) is 30.7 Å². The topological polar surface area (TPSA) is 264 Å². The molecule has 10 rings (SSSR count). The van der Waals surface area contributed by atoms with Gasteiger partial charge in [-0.05, 0) is 111 Å². The SMILES string of the molecule is C.Cc1ccc(NS(C)(=O)=O)c(C(=O)N2CCCC[C@H]2c2cc3nc(N4CC(N)C4)c(C)cn3n2)c1.Cc1ccc(NS(C)(=O)=O)c(C(=O)N2CCCC[C@H]2c2cc3nc(N4CC(NC(=O)OC(C)(C)C)C4)c(C)cn3n2)c1. The van der Waals surface area contributed by atoms with Crippen molar-refractivity contribution in [1.29, 1.82) is 0 Å². The summed E-state index contributed by atoms with van der Waals surface area (Å²) in [6.45, 7) is 17.2. The van der Waals surface area contributed by atoms with Gasteiger partial charge in [0.2, 0.25) is 20.0 Å². The number of carbonyl (C=O) groups is 3. The number of likely N-dealkylation sites (tertiary alicyclic amines) is 2. The number of piperidine rings is 2. The van der Waals surface area contributed by atoms with Crippen LogP contribution >= 0.6 is 0 Å². The highest BCUT2D eigenvalue weighted by molar-refractivity contribution is 7.92. The second-order valence-electron chi connectivity index (χ2n) is 22.0. The van der Waals surface area contributed by atoms with E-state index in [4.69, 9.17) is 30.6 Å². The van der Waals surface area contributed by atoms with Gasteiger partial charge in [-0.2, -0.15) is 10.2 Å². The second kappa shape index (κ2) is 22.4. The number of rotatable bonds is 11. The summed E-state index contributed by atoms with van der Waals surface area (Å²) in [5.41, 5.74) is 13.3. The van der Waals surface area contributed by atoms with Crippen molar-refractivity contribution < 1.29 is 36.0 Å². The van der Waals surface area contributed by atoms with Crippen LogP contribution < -0.4 is 30.3 Å². The Hall–Kier alpha value is -7.05. The van der Waals surface area contributed by atoms with Crippen molar-refractivity contribution in [3.05, 3.63) is 106 Å². The number of ether oxygens (including phenoxy) is 1. The predicted octanol–water partition coefficient (Wildman–Crippen LogP) is 6.67. The molecule has 8 heterocycles. The third-order valence-electron chi connectivity index (χ3n) is 14.0. The van der Waals surface area contributed by atoms with E-state index in [1.165, 1.54) is 0 Å². The lowest BCUT2D eigenvalue weighted by Crippen LogP contribution is -2.60. The number of amides is 3. The van der Waals surface area contributed by atoms with Crippen molar-refractivity contribution in [2.45, 2.75) is 124 Å². The number of sulfonamides is 2. The molecule has 2 aromatic carbocycles. The van der Waals surface area contributed by atoms with Crippen LogP contribution in [0.2, 0.25) is 0 Å². The highest BCUT2D eigenvalue weighted by Crippen LogP contribution is 2.36. The number of hydrogen-bond donors (Lipinski definition) is 4. The van der Waals surface area contributed by atoms with E-state index in [2.05, 4.69) is 24.6 Å². The molecule has 0 bridgehead atoms. The average Bonchev–Trinajstić information content (AvgIpc) is 3.96. The van der Waals surface area contributed by atoms with Gasteiger partial charge in [0.1, 0.15) is 17.2 Å². The van der Waals surface area contributed by atoms with Crippen LogP contribution in [0.15, 0.2) is 60.9 Å². The number of nitrogens with one attached hydrogen (secondary N) is 3. The summed E-state index contributed by atoms with van der Waals surface area (Å²) in [5.74, 6) is 1.30. The number of nitrogens with zero attached hydrogens (tertiary/aromatic N) is 10. The molecule has 0 saturated carbocycles. The van der Waals surface area contributed by atoms with Gasteiger partial charge in [-0.3, -0.25) is 19.0 Å². The minimum atomic E-state index is -3.57. The van der Waals surface area contributed by atoms with Crippen LogP contribution in [-0.2, 0) is 24.8 Å². The number of benzene rings is 2. The van der Waals surface area contributed by atoms with Crippen molar-refractivity contribution >= 4 is 72.3 Å². The molecule has 2 atom stereocenters. The summed E-state index contributed by atoms with van der Waals surface area (Å²) in [5, 5.41) is 12.5. The lowest BCUT2D eigenvalue weighted by atomic mass is 9.97. The van der Waals surface area contributed by atoms with Crippen LogP contribution in [0.3, 0.4) is 0 Å². The largest absolute Gasteiger partial charge is 0.444 e. The van der Waals surface area contributed by atoms with E-state index in [-0.39, 0.29) is 54.8 Å². The first-order valence-corrected chi connectivity index (χ1v) is 29.8. The zero-order valence-corrected chi connectivity index (χ0v) is 46.8. The first kappa shape index (κ1) is 57.1. The fourth-order valence-electron chi connectivity index (χ4n) is 10.4. The number of nitrogens with two attached hydrogens (primary N) is 1. The maximum Gasteiger partial charge on any atom is 0.407 e. The van der Waals surface area contributed by atoms with Crippen molar-refractivity contribution in [2.24, 2.45) is 5.73 Å². The fraction of sp³-hybridized carbons (Fsp3) is 0.500. The normalized spacial score (nSPS) is 18.3. The number of aryl methyl sites for hydroxylation is 4. The summed E-state index contributed by atoms with van der Waals surface area (Å²) < 4.78 is 61.6. The van der Waals surface area contributed by atoms with E-state index in [0.717, 1.165) is 115 Å². The van der Waals surface area contributed by atoms with Crippen LogP contribution in [-0.4, -0.2) is 143 Å². The van der Waals surface area contributed by atoms with Gasteiger partial charge in [0, 0.05) is 81.0 Å². The number of alkyl carbamates (subject to hydrolysis) is 1. The summed E-state index contributed by atoms with van der Waals surface area (Å²) >= 11 is 0. The number of carbonyl (C=O) groups excluding carboxylic acids is 3. The zero-order chi connectivity index (χ0) is 55.3. The van der Waals surface area contributed by atoms with Crippen LogP contribution in [0.5, 0.6) is 0 Å². The monoisotopic (exact) mass is 1110 g/mol. The standard InChI is InChI=1S/C29H39N7O5S.C24H31N7O3S.CH4/c1-18-10-11-22(33-42(6,39)40)21(13-18)27(37)35-12-8-7-9-24(35)23-14-25-31-26(19(2)15-36(25)32-23)34-16-20(17-34)30-28(38)41-29(3,4)5;1-15-7-8-19(28-35(3,33)34)18(10-15)24(32)30-9-5-4-6-21(30)20-11-22-26-23(29-13-17(25)14-29)16(2)12-31(22)27-20;/h10-11,13-15,20,24,33H,7-9,12,16-17H2,1-6H3,(H,30,38);7-8,10-12,17,21,28H,4-6,9,13-14,25H2,1-3H3;1H4/t24-;21-;/m00./s1. The quantitative estimate of drug-likeness (QED) is 0.106. The molecular formula is C54H74N14O8S2. The van der Waals surface area contributed by atoms with Crippen LogP contribution in [0.1, 0.15) is 133 Å². The lowest BCUT2D eigenvalue weighted by Gasteiger charge is -2.41. The van der Waals surface area contributed by atoms with E-state index in [1.54, 1.807) is 50.3 Å². The Morgan fingerprint density at radius 1 is 0.641 bits per heavy atom. The Labute approximate surface area is 457 Å². The molecule has 6 aromatic rings. The Morgan fingerprint density at radius 2 is 1.06 bits per heavy atom. The van der Waals surface area contributed by atoms with E-state index < -0.39 is 31.7 Å². The van der Waals surface area contributed by atoms with Crippen LogP contribution in [0.4, 0.5) is 27.8 Å². The molecule has 5 N–H and O–H groups in total. The number of hydrogen-bond acceptors (Lipinski definition) is 15. The van der Waals surface area contributed by atoms with E-state index in [0.29, 0.717) is 43.0 Å². The molecule has 0 aliphatic carbocycles. The van der Waals surface area contributed by atoms with Crippen molar-refractivity contribution in [3.63, 3.8) is 0 Å². The van der Waals surface area contributed by atoms with Crippen molar-refractivity contribution in [2.75, 3.05) is 71.0 Å². The van der Waals surface area contributed by atoms with Gasteiger partial charge in [-0.25, -0.2) is 40.6 Å². The first-order valence-electron chi connectivity index (χ1n) is 26.0. The van der Waals surface area contributed by atoms with Gasteiger partial charge in [-0.15, -0.1) is 0 Å². The molecular weight excluding hydrogens is 1040 g/mol. The first-order chi connectivity index (χ1) is 36.3. The Morgan fingerprint density at radius 3 is 1.46 bits per heavy atom. The number of aromatic nitrogens is 6. The molecule has 4 fully saturated rings. The molecule has 3 amide bonds. The lowest BCUT2D eigenvalue weighted by molar-refractivity contribution is 0.0494. The number of fused-ring (bicyclic) bond motifs is 2. The minimum Gasteiger partial charge on any atom is -0.444 e. The van der Waals surface area contributed by atoms with Crippen LogP contribution in [0.25, 0.3) is 11.3 Å². The highest BCUT2D eigenvalue weighted by atomic mass is 32.2. The average molecular weight is 1110 g/mol. The third kappa shape index (κ3) is 13.1. The van der Waals surface area contributed by atoms with Gasteiger partial charge < -0.3 is 35.4 Å². The molecule has 0 spiro atoms. The molecule has 24 heteroatoms. The summed E-state index contributed by atoms with van der Waals surface area (Å²) in [6, 6.07) is 13.8. The summed E-state index contributed by atoms with van der Waals surface area (Å²) in [6.07, 6.45) is 10.8. The molecule has 420 valence electrons. The zero-order valence-electron chi connectivity index (χ0n) is 45.2. The highest BCUT2D eigenvalue weighted by Gasteiger charge is 2.36. The Balaban J connectivity index is 0.000000206. The molecule has 22 nitrogen and oxygen atoms in total. The predicted molar refractivity (Wildman–Crippen MR) is 302 cm³/mol. The van der Waals surface area contributed by atoms with Crippen molar-refractivity contribution in [3.8, 4) is 0 Å². The summed E-state index contributed by atoms with van der Waals surface area (Å²) in [7, 11) is -7.10. The fourth-order valence-corrected chi connectivity index (χ4v) is 11.6. The van der Waals surface area contributed by atoms with E-state index in [1.807, 2.05) is 77.9 Å². The molecule has 4 saturated heterocycles.